The molecule has 0 saturated carbocycles. The maximum absolute atomic E-state index is 12.0. The Labute approximate surface area is 127 Å². The van der Waals surface area contributed by atoms with Crippen molar-refractivity contribution in [2.45, 2.75) is 43.7 Å². The minimum Gasteiger partial charge on any atom is -0.477 e. The standard InChI is InChI=1S/C13H21N3O4S/c1-6(17)8-11(18)16-9(13(19)20)10(21-12(8)16)7(15)4-2-3-5-14/h6-8,12,17H,2-5,14-15H2,1H3,(H,19,20)/t6?,7-,8+,12-/m1/s1. The Morgan fingerprint density at radius 1 is 1.48 bits per heavy atom. The molecule has 2 heterocycles. The van der Waals surface area contributed by atoms with Crippen molar-refractivity contribution in [1.82, 2.24) is 4.90 Å². The number of fused-ring (bicyclic) bond motifs is 1. The fraction of sp³-hybridized carbons (Fsp3) is 0.692. The van der Waals surface area contributed by atoms with E-state index in [9.17, 15) is 19.8 Å². The van der Waals surface area contributed by atoms with Crippen molar-refractivity contribution in [3.8, 4) is 0 Å². The van der Waals surface area contributed by atoms with E-state index >= 15 is 0 Å². The molecule has 0 spiro atoms. The number of nitrogens with two attached hydrogens (primary N) is 2. The molecule has 118 valence electrons. The van der Waals surface area contributed by atoms with Crippen LogP contribution in [0.4, 0.5) is 0 Å². The van der Waals surface area contributed by atoms with Crippen LogP contribution in [0.1, 0.15) is 26.2 Å². The first-order valence-electron chi connectivity index (χ1n) is 7.01. The molecule has 0 aromatic carbocycles. The highest BCUT2D eigenvalue weighted by molar-refractivity contribution is 8.04. The van der Waals surface area contributed by atoms with Crippen molar-refractivity contribution in [3.05, 3.63) is 10.6 Å². The molecule has 1 amide bonds. The largest absolute Gasteiger partial charge is 0.477 e. The number of carbonyl (C=O) groups excluding carboxylic acids is 1. The first-order valence-corrected chi connectivity index (χ1v) is 7.89. The van der Waals surface area contributed by atoms with Crippen molar-refractivity contribution in [1.29, 1.82) is 0 Å². The number of unbranched alkanes of at least 4 members (excludes halogenated alkanes) is 1. The Morgan fingerprint density at radius 3 is 2.67 bits per heavy atom. The summed E-state index contributed by atoms with van der Waals surface area (Å²) in [6.07, 6.45) is 1.47. The number of hydrogen-bond donors (Lipinski definition) is 4. The summed E-state index contributed by atoms with van der Waals surface area (Å²) in [5.74, 6) is -2.05. The van der Waals surface area contributed by atoms with E-state index < -0.39 is 24.0 Å². The lowest BCUT2D eigenvalue weighted by molar-refractivity contribution is -0.156. The van der Waals surface area contributed by atoms with E-state index in [2.05, 4.69) is 0 Å². The molecule has 2 rings (SSSR count). The van der Waals surface area contributed by atoms with Gasteiger partial charge < -0.3 is 21.7 Å². The van der Waals surface area contributed by atoms with E-state index in [1.165, 1.54) is 16.7 Å². The summed E-state index contributed by atoms with van der Waals surface area (Å²) in [5, 5.41) is 18.7. The monoisotopic (exact) mass is 315 g/mol. The molecule has 4 atom stereocenters. The van der Waals surface area contributed by atoms with Crippen LogP contribution in [0.25, 0.3) is 0 Å². The van der Waals surface area contributed by atoms with Gasteiger partial charge in [0, 0.05) is 10.9 Å². The molecule has 21 heavy (non-hydrogen) atoms. The van der Waals surface area contributed by atoms with Crippen molar-refractivity contribution >= 4 is 23.6 Å². The number of carboxylic acid groups (broad SMARTS) is 1. The average molecular weight is 315 g/mol. The highest BCUT2D eigenvalue weighted by Gasteiger charge is 2.58. The lowest BCUT2D eigenvalue weighted by Gasteiger charge is -2.43. The molecular weight excluding hydrogens is 294 g/mol. The second-order valence-corrected chi connectivity index (χ2v) is 6.55. The van der Waals surface area contributed by atoms with Gasteiger partial charge in [0.1, 0.15) is 11.1 Å². The minimum atomic E-state index is -1.15. The number of rotatable bonds is 7. The van der Waals surface area contributed by atoms with Crippen LogP contribution in [0.15, 0.2) is 10.6 Å². The zero-order valence-electron chi connectivity index (χ0n) is 11.9. The van der Waals surface area contributed by atoms with E-state index in [4.69, 9.17) is 11.5 Å². The van der Waals surface area contributed by atoms with Gasteiger partial charge in [0.05, 0.1) is 12.0 Å². The number of aliphatic hydroxyl groups excluding tert-OH is 1. The summed E-state index contributed by atoms with van der Waals surface area (Å²) in [6, 6.07) is -0.416. The fourth-order valence-corrected chi connectivity index (χ4v) is 4.37. The molecule has 2 aliphatic heterocycles. The summed E-state index contributed by atoms with van der Waals surface area (Å²) in [7, 11) is 0. The average Bonchev–Trinajstić information content (AvgIpc) is 2.73. The summed E-state index contributed by atoms with van der Waals surface area (Å²) < 4.78 is 0. The molecule has 7 nitrogen and oxygen atoms in total. The van der Waals surface area contributed by atoms with Gasteiger partial charge in [-0.15, -0.1) is 0 Å². The van der Waals surface area contributed by atoms with E-state index in [-0.39, 0.29) is 17.0 Å². The number of carbonyl (C=O) groups is 2. The number of hydrogen-bond acceptors (Lipinski definition) is 6. The number of carboxylic acids is 1. The lowest BCUT2D eigenvalue weighted by atomic mass is 9.92. The van der Waals surface area contributed by atoms with Crippen LogP contribution in [0.2, 0.25) is 0 Å². The molecule has 2 aliphatic rings. The summed E-state index contributed by atoms with van der Waals surface area (Å²) in [4.78, 5) is 25.3. The maximum Gasteiger partial charge on any atom is 0.353 e. The van der Waals surface area contributed by atoms with Crippen molar-refractivity contribution in [2.75, 3.05) is 6.54 Å². The Hall–Kier alpha value is -1.09. The van der Waals surface area contributed by atoms with E-state index in [0.717, 1.165) is 12.8 Å². The molecule has 8 heteroatoms. The quantitative estimate of drug-likeness (QED) is 0.373. The third kappa shape index (κ3) is 2.80. The van der Waals surface area contributed by atoms with Crippen molar-refractivity contribution in [2.24, 2.45) is 17.4 Å². The number of thioether (sulfide) groups is 1. The van der Waals surface area contributed by atoms with E-state index in [1.807, 2.05) is 0 Å². The number of amides is 1. The number of β-lactam (4-membered cyclic amide) rings is 1. The minimum absolute atomic E-state index is 0.0212. The van der Waals surface area contributed by atoms with Gasteiger partial charge >= 0.3 is 5.97 Å². The lowest BCUT2D eigenvalue weighted by Crippen LogP contribution is -2.60. The second kappa shape index (κ2) is 6.35. The van der Waals surface area contributed by atoms with E-state index in [1.54, 1.807) is 6.92 Å². The summed E-state index contributed by atoms with van der Waals surface area (Å²) >= 11 is 1.29. The molecule has 0 aromatic heterocycles. The zero-order chi connectivity index (χ0) is 15.7. The van der Waals surface area contributed by atoms with Gasteiger partial charge in [-0.3, -0.25) is 9.69 Å². The number of aliphatic carboxylic acids is 1. The molecule has 0 aromatic rings. The van der Waals surface area contributed by atoms with Gasteiger partial charge in [0.15, 0.2) is 0 Å². The first kappa shape index (κ1) is 16.3. The van der Waals surface area contributed by atoms with Crippen molar-refractivity contribution < 1.29 is 19.8 Å². The molecule has 0 radical (unpaired) electrons. The van der Waals surface area contributed by atoms with Crippen LogP contribution in [0.5, 0.6) is 0 Å². The van der Waals surface area contributed by atoms with Crippen LogP contribution in [0.3, 0.4) is 0 Å². The molecule has 0 aliphatic carbocycles. The molecule has 6 N–H and O–H groups in total. The van der Waals surface area contributed by atoms with Crippen molar-refractivity contribution in [3.63, 3.8) is 0 Å². The zero-order valence-corrected chi connectivity index (χ0v) is 12.7. The summed E-state index contributed by atoms with van der Waals surface area (Å²) in [6.45, 7) is 2.11. The highest BCUT2D eigenvalue weighted by atomic mass is 32.2. The van der Waals surface area contributed by atoms with Crippen LogP contribution >= 0.6 is 11.8 Å². The van der Waals surface area contributed by atoms with Gasteiger partial charge in [-0.25, -0.2) is 4.79 Å². The van der Waals surface area contributed by atoms with Gasteiger partial charge in [0.25, 0.3) is 0 Å². The van der Waals surface area contributed by atoms with Gasteiger partial charge in [0.2, 0.25) is 5.91 Å². The fourth-order valence-electron chi connectivity index (χ4n) is 2.71. The van der Waals surface area contributed by atoms with Crippen LogP contribution in [0, 0.1) is 5.92 Å². The first-order chi connectivity index (χ1) is 9.90. The summed E-state index contributed by atoms with van der Waals surface area (Å²) in [5.41, 5.74) is 11.5. The predicted molar refractivity (Wildman–Crippen MR) is 78.9 cm³/mol. The number of nitrogens with zero attached hydrogens (tertiary/aromatic N) is 1. The maximum atomic E-state index is 12.0. The van der Waals surface area contributed by atoms with Gasteiger partial charge in [-0.05, 0) is 26.3 Å². The predicted octanol–water partition coefficient (Wildman–Crippen LogP) is -0.349. The SMILES string of the molecule is CC(O)[C@H]1C(=O)N2C(C(=O)O)=C([C@H](N)CCCCN)S[C@H]12. The Bertz CT molecular complexity index is 480. The van der Waals surface area contributed by atoms with E-state index in [0.29, 0.717) is 17.9 Å². The van der Waals surface area contributed by atoms with Crippen LogP contribution < -0.4 is 11.5 Å². The Balaban J connectivity index is 2.16. The molecule has 1 fully saturated rings. The third-order valence-corrected chi connectivity index (χ3v) is 5.33. The van der Waals surface area contributed by atoms with Crippen LogP contribution in [-0.2, 0) is 9.59 Å². The highest BCUT2D eigenvalue weighted by Crippen LogP contribution is 2.51. The third-order valence-electron chi connectivity index (χ3n) is 3.83. The topological polar surface area (TPSA) is 130 Å². The van der Waals surface area contributed by atoms with Crippen LogP contribution in [-0.4, -0.2) is 51.1 Å². The Kier molecular flexibility index (Phi) is 4.92. The molecule has 1 saturated heterocycles. The molecular formula is C13H21N3O4S. The van der Waals surface area contributed by atoms with Gasteiger partial charge in [-0.2, -0.15) is 0 Å². The second-order valence-electron chi connectivity index (χ2n) is 5.39. The Morgan fingerprint density at radius 2 is 2.14 bits per heavy atom. The molecule has 0 bridgehead atoms. The van der Waals surface area contributed by atoms with Gasteiger partial charge in [-0.1, -0.05) is 18.2 Å². The smallest absolute Gasteiger partial charge is 0.353 e. The normalized spacial score (nSPS) is 27.4. The molecule has 1 unspecified atom stereocenters. The number of aliphatic hydroxyl groups is 1.